The Labute approximate surface area is 270 Å². The molecule has 0 aromatic rings. The van der Waals surface area contributed by atoms with E-state index in [4.69, 9.17) is 4.74 Å². The number of fused-ring (bicyclic) bond motifs is 5. The third kappa shape index (κ3) is 7.56. The number of β-amino-alcohol motifs (C(OH)–C–C–N with tert-alkyl or cyclic N) is 1. The molecule has 252 valence electrons. The first-order valence-electron chi connectivity index (χ1n) is 19.1. The third-order valence-electron chi connectivity index (χ3n) is 13.9. The van der Waals surface area contributed by atoms with E-state index < -0.39 is 0 Å². The topological polar surface area (TPSA) is 61.8 Å². The summed E-state index contributed by atoms with van der Waals surface area (Å²) >= 11 is 0. The zero-order valence-corrected chi connectivity index (χ0v) is 29.4. The van der Waals surface area contributed by atoms with Crippen LogP contribution in [0.15, 0.2) is 11.6 Å². The van der Waals surface area contributed by atoms with Crippen molar-refractivity contribution < 1.29 is 14.6 Å². The summed E-state index contributed by atoms with van der Waals surface area (Å²) in [6, 6.07) is 0.501. The lowest BCUT2D eigenvalue weighted by atomic mass is 9.47. The molecule has 2 N–H and O–H groups in total. The first-order chi connectivity index (χ1) is 21.0. The molecule has 0 aromatic carbocycles. The molecular formula is C39H68N2O3. The van der Waals surface area contributed by atoms with Crippen LogP contribution < -0.4 is 5.32 Å². The van der Waals surface area contributed by atoms with Crippen LogP contribution in [0.3, 0.4) is 0 Å². The van der Waals surface area contributed by atoms with Gasteiger partial charge in [-0.05, 0) is 124 Å². The predicted molar refractivity (Wildman–Crippen MR) is 181 cm³/mol. The van der Waals surface area contributed by atoms with Crippen molar-refractivity contribution in [3.05, 3.63) is 11.6 Å². The molecule has 0 bridgehead atoms. The van der Waals surface area contributed by atoms with Gasteiger partial charge in [0.15, 0.2) is 0 Å². The van der Waals surface area contributed by atoms with E-state index in [1.54, 1.807) is 5.57 Å². The highest BCUT2D eigenvalue weighted by atomic mass is 16.6. The molecule has 4 fully saturated rings. The van der Waals surface area contributed by atoms with Crippen molar-refractivity contribution in [2.24, 2.45) is 46.3 Å². The molecule has 1 aliphatic heterocycles. The van der Waals surface area contributed by atoms with Crippen molar-refractivity contribution in [1.82, 2.24) is 10.2 Å². The summed E-state index contributed by atoms with van der Waals surface area (Å²) in [5.74, 6) is 5.16. The molecule has 5 nitrogen and oxygen atoms in total. The van der Waals surface area contributed by atoms with Gasteiger partial charge in [-0.2, -0.15) is 0 Å². The molecule has 44 heavy (non-hydrogen) atoms. The van der Waals surface area contributed by atoms with Crippen LogP contribution in [-0.2, 0) is 4.74 Å². The molecule has 5 rings (SSSR count). The number of amides is 1. The van der Waals surface area contributed by atoms with Gasteiger partial charge < -0.3 is 15.2 Å². The Morgan fingerprint density at radius 1 is 1.02 bits per heavy atom. The van der Waals surface area contributed by atoms with Crippen molar-refractivity contribution in [3.63, 3.8) is 0 Å². The average Bonchev–Trinajstić information content (AvgIpc) is 3.49. The number of carbonyl (C=O) groups is 1. The summed E-state index contributed by atoms with van der Waals surface area (Å²) in [7, 11) is 0. The molecule has 1 heterocycles. The monoisotopic (exact) mass is 613 g/mol. The zero-order valence-electron chi connectivity index (χ0n) is 29.4. The van der Waals surface area contributed by atoms with Crippen molar-refractivity contribution in [1.29, 1.82) is 0 Å². The number of aliphatic hydroxyl groups excluding tert-OH is 1. The molecule has 0 aromatic heterocycles. The molecule has 4 aliphatic carbocycles. The van der Waals surface area contributed by atoms with E-state index in [9.17, 15) is 9.90 Å². The van der Waals surface area contributed by atoms with Gasteiger partial charge in [-0.15, -0.1) is 0 Å². The van der Waals surface area contributed by atoms with Gasteiger partial charge in [0, 0.05) is 25.6 Å². The largest absolute Gasteiger partial charge is 0.446 e. The number of nitrogens with zero attached hydrogens (tertiary/aromatic N) is 1. The first-order valence-corrected chi connectivity index (χ1v) is 19.1. The molecule has 0 radical (unpaired) electrons. The number of unbranched alkanes of at least 4 members (excludes halogenated alkanes) is 3. The number of rotatable bonds is 13. The van der Waals surface area contributed by atoms with Gasteiger partial charge in [-0.25, -0.2) is 4.79 Å². The number of hydrogen-bond acceptors (Lipinski definition) is 4. The lowest BCUT2D eigenvalue weighted by molar-refractivity contribution is -0.0581. The van der Waals surface area contributed by atoms with Crippen molar-refractivity contribution in [2.75, 3.05) is 19.6 Å². The van der Waals surface area contributed by atoms with E-state index in [-0.39, 0.29) is 18.3 Å². The van der Waals surface area contributed by atoms with Gasteiger partial charge in [-0.1, -0.05) is 78.4 Å². The Balaban J connectivity index is 1.04. The van der Waals surface area contributed by atoms with Crippen LogP contribution in [0.5, 0.6) is 0 Å². The van der Waals surface area contributed by atoms with E-state index in [0.29, 0.717) is 23.4 Å². The molecular weight excluding hydrogens is 544 g/mol. The predicted octanol–water partition coefficient (Wildman–Crippen LogP) is 9.14. The number of likely N-dealkylation sites (tertiary alicyclic amines) is 1. The Hall–Kier alpha value is -1.07. The quantitative estimate of drug-likeness (QED) is 0.161. The van der Waals surface area contributed by atoms with Crippen LogP contribution in [0, 0.1) is 46.3 Å². The third-order valence-corrected chi connectivity index (χ3v) is 13.9. The second-order valence-corrected chi connectivity index (χ2v) is 17.1. The fourth-order valence-corrected chi connectivity index (χ4v) is 11.3. The minimum atomic E-state index is -0.222. The summed E-state index contributed by atoms with van der Waals surface area (Å²) in [6.45, 7) is 17.4. The highest BCUT2D eigenvalue weighted by molar-refractivity contribution is 5.67. The van der Waals surface area contributed by atoms with Crippen LogP contribution in [-0.4, -0.2) is 54.0 Å². The number of alkyl carbamates (subject to hydrolysis) is 1. The van der Waals surface area contributed by atoms with Gasteiger partial charge in [0.1, 0.15) is 6.10 Å². The van der Waals surface area contributed by atoms with Crippen LogP contribution in [0.1, 0.15) is 144 Å². The van der Waals surface area contributed by atoms with Crippen molar-refractivity contribution >= 4 is 6.09 Å². The number of hydrogen-bond donors (Lipinski definition) is 2. The lowest BCUT2D eigenvalue weighted by Crippen LogP contribution is -2.51. The standard InChI is InChI=1S/C39H68N2O3/c1-27(2)12-11-13-28(3)34-16-17-35-33-15-14-30-25-32(18-20-38(30,5)36(33)19-21-39(34,35)6)44-37(43)40-22-9-7-8-10-23-41-26-31(42)24-29(41)4/h14,27-29,31-36,42H,7-13,15-26H2,1-6H3,(H,40,43)/t28-,29-,31-,32+,33?,34-,35?,36?,38+,39-/m1/s1. The van der Waals surface area contributed by atoms with Crippen molar-refractivity contribution in [3.8, 4) is 0 Å². The summed E-state index contributed by atoms with van der Waals surface area (Å²) in [6.07, 6.45) is 21.9. The van der Waals surface area contributed by atoms with Gasteiger partial charge in [0.2, 0.25) is 0 Å². The van der Waals surface area contributed by atoms with Gasteiger partial charge >= 0.3 is 6.09 Å². The number of allylic oxidation sites excluding steroid dienone is 1. The minimum Gasteiger partial charge on any atom is -0.446 e. The van der Waals surface area contributed by atoms with Crippen LogP contribution in [0.4, 0.5) is 4.79 Å². The molecule has 3 unspecified atom stereocenters. The average molecular weight is 613 g/mol. The second kappa shape index (κ2) is 14.8. The number of aliphatic hydroxyl groups is 1. The highest BCUT2D eigenvalue weighted by Gasteiger charge is 2.59. The second-order valence-electron chi connectivity index (χ2n) is 17.1. The Morgan fingerprint density at radius 3 is 2.57 bits per heavy atom. The SMILES string of the molecule is CC(C)CCC[C@@H](C)[C@H]1CCC2C3CC=C4C[C@@H](OC(=O)NCCCCCCN5C[C@H](O)C[C@H]5C)CC[C@]4(C)C3CC[C@@]21C. The summed E-state index contributed by atoms with van der Waals surface area (Å²) in [4.78, 5) is 15.1. The van der Waals surface area contributed by atoms with Gasteiger partial charge in [0.05, 0.1) is 6.10 Å². The van der Waals surface area contributed by atoms with Crippen LogP contribution >= 0.6 is 0 Å². The Kier molecular flexibility index (Phi) is 11.5. The fraction of sp³-hybridized carbons (Fsp3) is 0.923. The Morgan fingerprint density at radius 2 is 1.82 bits per heavy atom. The van der Waals surface area contributed by atoms with E-state index in [0.717, 1.165) is 87.1 Å². The maximum atomic E-state index is 12.7. The Bertz CT molecular complexity index is 980. The number of ether oxygens (including phenoxy) is 1. The molecule has 10 atom stereocenters. The van der Waals surface area contributed by atoms with E-state index in [1.165, 1.54) is 64.2 Å². The summed E-state index contributed by atoms with van der Waals surface area (Å²) in [5, 5.41) is 12.9. The zero-order chi connectivity index (χ0) is 31.5. The van der Waals surface area contributed by atoms with Gasteiger partial charge in [0.25, 0.3) is 0 Å². The minimum absolute atomic E-state index is 0.0279. The summed E-state index contributed by atoms with van der Waals surface area (Å²) in [5.41, 5.74) is 2.43. The fourth-order valence-electron chi connectivity index (χ4n) is 11.3. The molecule has 3 saturated carbocycles. The van der Waals surface area contributed by atoms with E-state index in [2.05, 4.69) is 57.8 Å². The molecule has 5 heteroatoms. The number of carbonyl (C=O) groups excluding carboxylic acids is 1. The first kappa shape index (κ1) is 34.3. The molecule has 0 spiro atoms. The van der Waals surface area contributed by atoms with E-state index >= 15 is 0 Å². The highest BCUT2D eigenvalue weighted by Crippen LogP contribution is 2.67. The molecule has 1 saturated heterocycles. The normalized spacial score (nSPS) is 39.4. The van der Waals surface area contributed by atoms with Crippen molar-refractivity contribution in [2.45, 2.75) is 163 Å². The smallest absolute Gasteiger partial charge is 0.407 e. The van der Waals surface area contributed by atoms with Crippen LogP contribution in [0.25, 0.3) is 0 Å². The molecule has 5 aliphatic rings. The van der Waals surface area contributed by atoms with E-state index in [1.807, 2.05) is 0 Å². The lowest BCUT2D eigenvalue weighted by Gasteiger charge is -2.58. The maximum Gasteiger partial charge on any atom is 0.407 e. The van der Waals surface area contributed by atoms with Gasteiger partial charge in [-0.3, -0.25) is 4.90 Å². The summed E-state index contributed by atoms with van der Waals surface area (Å²) < 4.78 is 5.99. The molecule has 1 amide bonds. The van der Waals surface area contributed by atoms with Crippen LogP contribution in [0.2, 0.25) is 0 Å². The maximum absolute atomic E-state index is 12.7. The number of nitrogens with one attached hydrogen (secondary N) is 1.